The number of hydrogen-bond donors (Lipinski definition) is 1. The van der Waals surface area contributed by atoms with Crippen molar-refractivity contribution in [1.82, 2.24) is 20.0 Å². The Morgan fingerprint density at radius 3 is 2.64 bits per heavy atom. The van der Waals surface area contributed by atoms with Gasteiger partial charge in [0.25, 0.3) is 0 Å². The number of carbonyl (C=O) groups excluding carboxylic acids is 2. The molecule has 1 N–H and O–H groups in total. The number of aromatic nitrogens is 2. The first-order valence-electron chi connectivity index (χ1n) is 10.2. The van der Waals surface area contributed by atoms with Gasteiger partial charge in [0.1, 0.15) is 0 Å². The van der Waals surface area contributed by atoms with E-state index in [1.807, 2.05) is 40.4 Å². The molecule has 3 heterocycles. The minimum absolute atomic E-state index is 0.0550. The van der Waals surface area contributed by atoms with Gasteiger partial charge in [-0.25, -0.2) is 0 Å². The first kappa shape index (κ1) is 18.7. The van der Waals surface area contributed by atoms with E-state index in [-0.39, 0.29) is 17.2 Å². The molecule has 2 aliphatic rings. The van der Waals surface area contributed by atoms with E-state index in [2.05, 4.69) is 22.3 Å². The van der Waals surface area contributed by atoms with Gasteiger partial charge in [0.05, 0.1) is 6.20 Å². The third kappa shape index (κ3) is 4.26. The number of piperidine rings is 1. The first-order valence-corrected chi connectivity index (χ1v) is 10.2. The number of benzene rings is 1. The molecule has 28 heavy (non-hydrogen) atoms. The molecule has 2 aliphatic heterocycles. The average molecular weight is 380 g/mol. The SMILES string of the molecule is O=C(CCCc1cn[nH]c1)N1CCC2(CC1)CC(=O)N(Cc1ccccc1)C2. The summed E-state index contributed by atoms with van der Waals surface area (Å²) >= 11 is 0. The zero-order valence-corrected chi connectivity index (χ0v) is 16.3. The van der Waals surface area contributed by atoms with Crippen LogP contribution in [0.4, 0.5) is 0 Å². The van der Waals surface area contributed by atoms with Crippen molar-refractivity contribution >= 4 is 11.8 Å². The van der Waals surface area contributed by atoms with Crippen molar-refractivity contribution in [2.45, 2.75) is 45.1 Å². The summed E-state index contributed by atoms with van der Waals surface area (Å²) in [6.45, 7) is 3.06. The Labute approximate surface area is 165 Å². The van der Waals surface area contributed by atoms with E-state index in [4.69, 9.17) is 0 Å². The molecule has 0 bridgehead atoms. The topological polar surface area (TPSA) is 69.3 Å². The molecule has 1 aromatic heterocycles. The maximum absolute atomic E-state index is 12.6. The summed E-state index contributed by atoms with van der Waals surface area (Å²) in [5.74, 6) is 0.493. The number of H-pyrrole nitrogens is 1. The Balaban J connectivity index is 1.25. The van der Waals surface area contributed by atoms with Crippen LogP contribution in [0.3, 0.4) is 0 Å². The largest absolute Gasteiger partial charge is 0.343 e. The van der Waals surface area contributed by atoms with Gasteiger partial charge < -0.3 is 9.80 Å². The molecular formula is C22H28N4O2. The van der Waals surface area contributed by atoms with E-state index in [1.165, 1.54) is 5.56 Å². The van der Waals surface area contributed by atoms with E-state index in [0.717, 1.165) is 50.9 Å². The fourth-order valence-electron chi connectivity index (χ4n) is 4.51. The third-order valence-corrected chi connectivity index (χ3v) is 6.21. The Morgan fingerprint density at radius 1 is 1.14 bits per heavy atom. The van der Waals surface area contributed by atoms with Crippen molar-refractivity contribution in [2.24, 2.45) is 5.41 Å². The monoisotopic (exact) mass is 380 g/mol. The zero-order valence-electron chi connectivity index (χ0n) is 16.3. The number of likely N-dealkylation sites (tertiary alicyclic amines) is 2. The second-order valence-corrected chi connectivity index (χ2v) is 8.25. The summed E-state index contributed by atoms with van der Waals surface area (Å²) in [7, 11) is 0. The second kappa shape index (κ2) is 8.17. The van der Waals surface area contributed by atoms with Crippen LogP contribution in [0, 0.1) is 5.41 Å². The van der Waals surface area contributed by atoms with Gasteiger partial charge in [-0.3, -0.25) is 14.7 Å². The Morgan fingerprint density at radius 2 is 1.93 bits per heavy atom. The summed E-state index contributed by atoms with van der Waals surface area (Å²) in [6.07, 6.45) is 8.49. The lowest BCUT2D eigenvalue weighted by atomic mass is 9.77. The summed E-state index contributed by atoms with van der Waals surface area (Å²) in [5, 5.41) is 6.74. The number of rotatable bonds is 6. The standard InChI is InChI=1S/C22H28N4O2/c27-20(8-4-7-19-14-23-24-15-19)25-11-9-22(10-12-25)13-21(28)26(17-22)16-18-5-2-1-3-6-18/h1-3,5-6,14-15H,4,7-13,16-17H2,(H,23,24). The second-order valence-electron chi connectivity index (χ2n) is 8.25. The fraction of sp³-hybridized carbons (Fsp3) is 0.500. The number of amides is 2. The molecule has 2 saturated heterocycles. The molecule has 0 unspecified atom stereocenters. The molecule has 0 atom stereocenters. The highest BCUT2D eigenvalue weighted by Crippen LogP contribution is 2.41. The molecule has 0 saturated carbocycles. The number of aromatic amines is 1. The molecular weight excluding hydrogens is 352 g/mol. The first-order chi connectivity index (χ1) is 13.6. The lowest BCUT2D eigenvalue weighted by molar-refractivity contribution is -0.133. The van der Waals surface area contributed by atoms with E-state index >= 15 is 0 Å². The van der Waals surface area contributed by atoms with E-state index < -0.39 is 0 Å². The maximum Gasteiger partial charge on any atom is 0.223 e. The minimum Gasteiger partial charge on any atom is -0.343 e. The quantitative estimate of drug-likeness (QED) is 0.838. The van der Waals surface area contributed by atoms with E-state index in [9.17, 15) is 9.59 Å². The molecule has 148 valence electrons. The number of hydrogen-bond acceptors (Lipinski definition) is 3. The van der Waals surface area contributed by atoms with Crippen molar-refractivity contribution in [2.75, 3.05) is 19.6 Å². The van der Waals surface area contributed by atoms with Crippen LogP contribution in [-0.2, 0) is 22.6 Å². The number of carbonyl (C=O) groups is 2. The van der Waals surface area contributed by atoms with Crippen molar-refractivity contribution in [3.05, 3.63) is 53.9 Å². The Hall–Kier alpha value is -2.63. The third-order valence-electron chi connectivity index (χ3n) is 6.21. The number of nitrogens with zero attached hydrogens (tertiary/aromatic N) is 3. The lowest BCUT2D eigenvalue weighted by Crippen LogP contribution is -2.44. The van der Waals surface area contributed by atoms with Crippen LogP contribution < -0.4 is 0 Å². The Kier molecular flexibility index (Phi) is 5.46. The van der Waals surface area contributed by atoms with Crippen LogP contribution in [-0.4, -0.2) is 51.4 Å². The predicted molar refractivity (Wildman–Crippen MR) is 106 cm³/mol. The molecule has 2 aromatic rings. The van der Waals surface area contributed by atoms with E-state index in [1.54, 1.807) is 0 Å². The van der Waals surface area contributed by atoms with Gasteiger partial charge in [-0.05, 0) is 36.8 Å². The predicted octanol–water partition coefficient (Wildman–Crippen LogP) is 2.77. The maximum atomic E-state index is 12.6. The smallest absolute Gasteiger partial charge is 0.223 e. The number of nitrogens with one attached hydrogen (secondary N) is 1. The summed E-state index contributed by atoms with van der Waals surface area (Å²) in [5.41, 5.74) is 2.38. The lowest BCUT2D eigenvalue weighted by Gasteiger charge is -2.39. The molecule has 2 fully saturated rings. The van der Waals surface area contributed by atoms with Crippen LogP contribution in [0.25, 0.3) is 0 Å². The van der Waals surface area contributed by atoms with E-state index in [0.29, 0.717) is 19.4 Å². The summed E-state index contributed by atoms with van der Waals surface area (Å²) < 4.78 is 0. The molecule has 4 rings (SSSR count). The molecule has 6 nitrogen and oxygen atoms in total. The van der Waals surface area contributed by atoms with Crippen LogP contribution in [0.5, 0.6) is 0 Å². The molecule has 6 heteroatoms. The minimum atomic E-state index is 0.0550. The van der Waals surface area contributed by atoms with Crippen molar-refractivity contribution in [1.29, 1.82) is 0 Å². The summed E-state index contributed by atoms with van der Waals surface area (Å²) in [4.78, 5) is 29.1. The van der Waals surface area contributed by atoms with Crippen molar-refractivity contribution in [3.63, 3.8) is 0 Å². The van der Waals surface area contributed by atoms with Gasteiger partial charge in [-0.2, -0.15) is 5.10 Å². The Bertz CT molecular complexity index is 795. The van der Waals surface area contributed by atoms with Gasteiger partial charge in [0, 0.05) is 50.6 Å². The van der Waals surface area contributed by atoms with Gasteiger partial charge in [-0.15, -0.1) is 0 Å². The highest BCUT2D eigenvalue weighted by Gasteiger charge is 2.45. The number of aryl methyl sites for hydroxylation is 1. The van der Waals surface area contributed by atoms with Gasteiger partial charge in [0.15, 0.2) is 0 Å². The van der Waals surface area contributed by atoms with Gasteiger partial charge in [-0.1, -0.05) is 30.3 Å². The van der Waals surface area contributed by atoms with Crippen molar-refractivity contribution < 1.29 is 9.59 Å². The van der Waals surface area contributed by atoms with Gasteiger partial charge in [0.2, 0.25) is 11.8 Å². The van der Waals surface area contributed by atoms with Crippen molar-refractivity contribution in [3.8, 4) is 0 Å². The summed E-state index contributed by atoms with van der Waals surface area (Å²) in [6, 6.07) is 10.2. The highest BCUT2D eigenvalue weighted by atomic mass is 16.2. The fourth-order valence-corrected chi connectivity index (χ4v) is 4.51. The van der Waals surface area contributed by atoms with Crippen LogP contribution in [0.2, 0.25) is 0 Å². The van der Waals surface area contributed by atoms with Crippen LogP contribution in [0.1, 0.15) is 43.2 Å². The molecule has 2 amide bonds. The van der Waals surface area contributed by atoms with Crippen LogP contribution in [0.15, 0.2) is 42.7 Å². The van der Waals surface area contributed by atoms with Gasteiger partial charge >= 0.3 is 0 Å². The average Bonchev–Trinajstić information content (AvgIpc) is 3.32. The normalized spacial score (nSPS) is 18.8. The molecule has 1 spiro atoms. The molecule has 0 radical (unpaired) electrons. The molecule has 1 aromatic carbocycles. The molecule has 0 aliphatic carbocycles. The zero-order chi connectivity index (χ0) is 19.4. The highest BCUT2D eigenvalue weighted by molar-refractivity contribution is 5.80. The van der Waals surface area contributed by atoms with Crippen LogP contribution >= 0.6 is 0 Å².